The zero-order valence-electron chi connectivity index (χ0n) is 11.5. The van der Waals surface area contributed by atoms with E-state index >= 15 is 0 Å². The molecule has 1 aromatic rings. The van der Waals surface area contributed by atoms with E-state index in [2.05, 4.69) is 21.2 Å². The van der Waals surface area contributed by atoms with Gasteiger partial charge in [-0.1, -0.05) is 22.9 Å². The summed E-state index contributed by atoms with van der Waals surface area (Å²) < 4.78 is 15.6. The number of anilines is 1. The van der Waals surface area contributed by atoms with Crippen LogP contribution in [0.25, 0.3) is 0 Å². The molecule has 0 heterocycles. The maximum atomic E-state index is 11.7. The molecule has 0 spiro atoms. The number of rotatable bonds is 6. The predicted octanol–water partition coefficient (Wildman–Crippen LogP) is 2.82. The van der Waals surface area contributed by atoms with Crippen LogP contribution in [-0.2, 0) is 4.79 Å². The van der Waals surface area contributed by atoms with Crippen molar-refractivity contribution in [3.8, 4) is 17.2 Å². The molecule has 19 heavy (non-hydrogen) atoms. The van der Waals surface area contributed by atoms with Gasteiger partial charge in [0, 0.05) is 29.1 Å². The van der Waals surface area contributed by atoms with Crippen molar-refractivity contribution in [2.24, 2.45) is 0 Å². The van der Waals surface area contributed by atoms with E-state index in [1.54, 1.807) is 12.1 Å². The second-order valence-electron chi connectivity index (χ2n) is 3.95. The summed E-state index contributed by atoms with van der Waals surface area (Å²) in [6.45, 7) is 1.91. The third kappa shape index (κ3) is 4.31. The molecule has 1 atom stereocenters. The largest absolute Gasteiger partial charge is 0.493 e. The van der Waals surface area contributed by atoms with E-state index in [4.69, 9.17) is 14.2 Å². The van der Waals surface area contributed by atoms with Gasteiger partial charge in [-0.15, -0.1) is 0 Å². The van der Waals surface area contributed by atoms with Gasteiger partial charge in [0.2, 0.25) is 11.7 Å². The Hall–Kier alpha value is -1.43. The van der Waals surface area contributed by atoms with Crippen LogP contribution in [0.2, 0.25) is 0 Å². The van der Waals surface area contributed by atoms with Crippen LogP contribution in [0.1, 0.15) is 13.3 Å². The Labute approximate surface area is 121 Å². The van der Waals surface area contributed by atoms with Gasteiger partial charge in [0.25, 0.3) is 0 Å². The van der Waals surface area contributed by atoms with Gasteiger partial charge < -0.3 is 19.5 Å². The minimum atomic E-state index is -0.0846. The Morgan fingerprint density at radius 2 is 1.74 bits per heavy atom. The van der Waals surface area contributed by atoms with E-state index < -0.39 is 0 Å². The number of benzene rings is 1. The van der Waals surface area contributed by atoms with E-state index in [0.717, 1.165) is 0 Å². The lowest BCUT2D eigenvalue weighted by molar-refractivity contribution is -0.116. The molecule has 0 aliphatic carbocycles. The first-order valence-electron chi connectivity index (χ1n) is 5.75. The van der Waals surface area contributed by atoms with Gasteiger partial charge in [0.1, 0.15) is 0 Å². The van der Waals surface area contributed by atoms with Crippen molar-refractivity contribution < 1.29 is 19.0 Å². The van der Waals surface area contributed by atoms with Gasteiger partial charge in [-0.2, -0.15) is 0 Å². The number of amides is 1. The van der Waals surface area contributed by atoms with Crippen LogP contribution >= 0.6 is 15.9 Å². The van der Waals surface area contributed by atoms with Crippen LogP contribution in [0.5, 0.6) is 17.2 Å². The molecule has 6 heteroatoms. The molecule has 1 rings (SSSR count). The van der Waals surface area contributed by atoms with Crippen molar-refractivity contribution in [1.29, 1.82) is 0 Å². The number of carbonyl (C=O) groups is 1. The summed E-state index contributed by atoms with van der Waals surface area (Å²) >= 11 is 3.34. The molecule has 1 unspecified atom stereocenters. The number of nitrogens with one attached hydrogen (secondary N) is 1. The molecule has 0 aromatic heterocycles. The number of hydrogen-bond acceptors (Lipinski definition) is 4. The summed E-state index contributed by atoms with van der Waals surface area (Å²) in [6, 6.07) is 3.39. The molecule has 0 aliphatic heterocycles. The Bertz CT molecular complexity index is 423. The number of methoxy groups -OCH3 is 3. The minimum Gasteiger partial charge on any atom is -0.493 e. The van der Waals surface area contributed by atoms with Crippen molar-refractivity contribution >= 4 is 27.5 Å². The zero-order valence-corrected chi connectivity index (χ0v) is 13.0. The third-order valence-corrected chi connectivity index (χ3v) is 2.74. The summed E-state index contributed by atoms with van der Waals surface area (Å²) in [4.78, 5) is 11.8. The highest BCUT2D eigenvalue weighted by atomic mass is 79.9. The fourth-order valence-corrected chi connectivity index (χ4v) is 1.91. The highest BCUT2D eigenvalue weighted by Gasteiger charge is 2.14. The fourth-order valence-electron chi connectivity index (χ4n) is 1.62. The lowest BCUT2D eigenvalue weighted by Gasteiger charge is -2.14. The van der Waals surface area contributed by atoms with Gasteiger partial charge in [-0.25, -0.2) is 0 Å². The van der Waals surface area contributed by atoms with Crippen LogP contribution in [0, 0.1) is 0 Å². The summed E-state index contributed by atoms with van der Waals surface area (Å²) in [5, 5.41) is 2.79. The number of ether oxygens (including phenoxy) is 3. The monoisotopic (exact) mass is 331 g/mol. The number of carbonyl (C=O) groups excluding carboxylic acids is 1. The van der Waals surface area contributed by atoms with Crippen LogP contribution in [0.15, 0.2) is 12.1 Å². The van der Waals surface area contributed by atoms with Crippen molar-refractivity contribution in [3.63, 3.8) is 0 Å². The van der Waals surface area contributed by atoms with Gasteiger partial charge in [-0.3, -0.25) is 4.79 Å². The van der Waals surface area contributed by atoms with Crippen LogP contribution in [0.3, 0.4) is 0 Å². The van der Waals surface area contributed by atoms with E-state index in [1.807, 2.05) is 6.92 Å². The van der Waals surface area contributed by atoms with Crippen molar-refractivity contribution in [2.75, 3.05) is 26.6 Å². The normalized spacial score (nSPS) is 11.6. The second kappa shape index (κ2) is 7.23. The molecule has 0 saturated heterocycles. The number of halogens is 1. The average molecular weight is 332 g/mol. The fraction of sp³-hybridized carbons (Fsp3) is 0.462. The quantitative estimate of drug-likeness (QED) is 0.814. The first-order valence-corrected chi connectivity index (χ1v) is 6.67. The molecule has 106 valence electrons. The first-order chi connectivity index (χ1) is 9.01. The zero-order chi connectivity index (χ0) is 14.4. The van der Waals surface area contributed by atoms with Gasteiger partial charge in [0.15, 0.2) is 11.5 Å². The SMILES string of the molecule is COc1cc(NC(=O)CC(C)Br)cc(OC)c1OC. The standard InChI is InChI=1S/C13H18BrNO4/c1-8(14)5-12(16)15-9-6-10(17-2)13(19-4)11(7-9)18-3/h6-8H,5H2,1-4H3,(H,15,16). The summed E-state index contributed by atoms with van der Waals surface area (Å²) in [5.41, 5.74) is 0.604. The van der Waals surface area contributed by atoms with Crippen LogP contribution in [-0.4, -0.2) is 32.1 Å². The molecule has 0 radical (unpaired) electrons. The number of hydrogen-bond donors (Lipinski definition) is 1. The van der Waals surface area contributed by atoms with E-state index in [-0.39, 0.29) is 10.7 Å². The molecule has 1 N–H and O–H groups in total. The maximum absolute atomic E-state index is 11.7. The summed E-state index contributed by atoms with van der Waals surface area (Å²) in [7, 11) is 4.60. The number of alkyl halides is 1. The lowest BCUT2D eigenvalue weighted by atomic mass is 10.2. The third-order valence-electron chi connectivity index (χ3n) is 2.42. The van der Waals surface area contributed by atoms with Gasteiger partial charge in [0.05, 0.1) is 21.3 Å². The molecule has 0 saturated carbocycles. The van der Waals surface area contributed by atoms with Crippen LogP contribution in [0.4, 0.5) is 5.69 Å². The molecular weight excluding hydrogens is 314 g/mol. The van der Waals surface area contributed by atoms with E-state index in [9.17, 15) is 4.79 Å². The first kappa shape index (κ1) is 15.6. The summed E-state index contributed by atoms with van der Waals surface area (Å²) in [5.74, 6) is 1.42. The molecule has 0 aliphatic rings. The van der Waals surface area contributed by atoms with Crippen molar-refractivity contribution in [2.45, 2.75) is 18.2 Å². The Morgan fingerprint density at radius 1 is 1.21 bits per heavy atom. The molecule has 1 amide bonds. The summed E-state index contributed by atoms with van der Waals surface area (Å²) in [6.07, 6.45) is 0.386. The smallest absolute Gasteiger partial charge is 0.225 e. The van der Waals surface area contributed by atoms with Crippen LogP contribution < -0.4 is 19.5 Å². The van der Waals surface area contributed by atoms with E-state index in [0.29, 0.717) is 29.4 Å². The van der Waals surface area contributed by atoms with Crippen molar-refractivity contribution in [3.05, 3.63) is 12.1 Å². The highest BCUT2D eigenvalue weighted by Crippen LogP contribution is 2.39. The molecule has 0 bridgehead atoms. The predicted molar refractivity (Wildman–Crippen MR) is 77.7 cm³/mol. The Balaban J connectivity index is 2.99. The lowest BCUT2D eigenvalue weighted by Crippen LogP contribution is -2.15. The van der Waals surface area contributed by atoms with Gasteiger partial charge >= 0.3 is 0 Å². The minimum absolute atomic E-state index is 0.0846. The topological polar surface area (TPSA) is 56.8 Å². The Kier molecular flexibility index (Phi) is 5.95. The molecule has 0 fully saturated rings. The average Bonchev–Trinajstić information content (AvgIpc) is 2.36. The molecular formula is C13H18BrNO4. The Morgan fingerprint density at radius 3 is 2.11 bits per heavy atom. The second-order valence-corrected chi connectivity index (χ2v) is 5.51. The maximum Gasteiger partial charge on any atom is 0.225 e. The molecule has 5 nitrogen and oxygen atoms in total. The molecule has 1 aromatic carbocycles. The highest BCUT2D eigenvalue weighted by molar-refractivity contribution is 9.09. The van der Waals surface area contributed by atoms with Crippen molar-refractivity contribution in [1.82, 2.24) is 0 Å². The van der Waals surface area contributed by atoms with Gasteiger partial charge in [-0.05, 0) is 0 Å². The van der Waals surface area contributed by atoms with E-state index in [1.165, 1.54) is 21.3 Å².